The molecule has 0 saturated carbocycles. The molecule has 0 radical (unpaired) electrons. The average molecular weight is 424 g/mol. The fourth-order valence-electron chi connectivity index (χ4n) is 2.99. The van der Waals surface area contributed by atoms with E-state index in [1.165, 1.54) is 84.0 Å². The number of hydrogen-bond acceptors (Lipinski definition) is 4. The molecule has 0 saturated heterocycles. The van der Waals surface area contributed by atoms with E-state index in [2.05, 4.69) is 31.0 Å². The Morgan fingerprint density at radius 1 is 0.767 bits per heavy atom. The van der Waals surface area contributed by atoms with E-state index in [-0.39, 0.29) is 18.1 Å². The minimum absolute atomic E-state index is 0.106. The summed E-state index contributed by atoms with van der Waals surface area (Å²) in [7, 11) is 0. The van der Waals surface area contributed by atoms with Crippen LogP contribution in [0.1, 0.15) is 104 Å². The van der Waals surface area contributed by atoms with E-state index in [1.54, 1.807) is 0 Å². The van der Waals surface area contributed by atoms with Gasteiger partial charge in [-0.25, -0.2) is 4.79 Å². The predicted molar refractivity (Wildman–Crippen MR) is 125 cm³/mol. The van der Waals surface area contributed by atoms with Gasteiger partial charge >= 0.3 is 6.09 Å². The normalized spacial score (nSPS) is 10.9. The van der Waals surface area contributed by atoms with Gasteiger partial charge in [0, 0.05) is 6.92 Å². The van der Waals surface area contributed by atoms with Crippen molar-refractivity contribution in [3.05, 3.63) is 24.5 Å². The van der Waals surface area contributed by atoms with Gasteiger partial charge in [0.2, 0.25) is 0 Å². The molecule has 0 rings (SSSR count). The van der Waals surface area contributed by atoms with Crippen molar-refractivity contribution >= 4 is 11.9 Å². The lowest BCUT2D eigenvalue weighted by atomic mass is 10.1. The monoisotopic (exact) mass is 423 g/mol. The van der Waals surface area contributed by atoms with E-state index < -0.39 is 6.09 Å². The lowest BCUT2D eigenvalue weighted by Gasteiger charge is -2.08. The average Bonchev–Trinajstić information content (AvgIpc) is 2.73. The lowest BCUT2D eigenvalue weighted by Crippen LogP contribution is -2.28. The van der Waals surface area contributed by atoms with Gasteiger partial charge in [-0.3, -0.25) is 4.79 Å². The second kappa shape index (κ2) is 21.9. The van der Waals surface area contributed by atoms with Crippen LogP contribution < -0.4 is 5.32 Å². The molecule has 174 valence electrons. The van der Waals surface area contributed by atoms with Crippen LogP contribution in [0.3, 0.4) is 0 Å². The molecule has 1 N–H and O–H groups in total. The third-order valence-electron chi connectivity index (χ3n) is 4.93. The number of ether oxygens (including phenoxy) is 2. The zero-order valence-electron chi connectivity index (χ0n) is 19.5. The maximum Gasteiger partial charge on any atom is 0.407 e. The number of unbranched alkanes of at least 4 members (excludes halogenated alkanes) is 12. The molecule has 0 spiro atoms. The summed E-state index contributed by atoms with van der Waals surface area (Å²) in [4.78, 5) is 22.4. The van der Waals surface area contributed by atoms with Gasteiger partial charge in [-0.2, -0.15) is 0 Å². The Morgan fingerprint density at radius 2 is 1.30 bits per heavy atom. The van der Waals surface area contributed by atoms with Crippen molar-refractivity contribution < 1.29 is 19.1 Å². The van der Waals surface area contributed by atoms with Gasteiger partial charge < -0.3 is 14.8 Å². The van der Waals surface area contributed by atoms with Crippen LogP contribution in [0.5, 0.6) is 0 Å². The third-order valence-corrected chi connectivity index (χ3v) is 4.93. The van der Waals surface area contributed by atoms with Crippen LogP contribution in [0.4, 0.5) is 4.79 Å². The van der Waals surface area contributed by atoms with Crippen molar-refractivity contribution in [3.8, 4) is 0 Å². The van der Waals surface area contributed by atoms with Crippen molar-refractivity contribution in [1.29, 1.82) is 0 Å². The van der Waals surface area contributed by atoms with Crippen LogP contribution in [0, 0.1) is 0 Å². The van der Waals surface area contributed by atoms with Crippen molar-refractivity contribution in [1.82, 2.24) is 5.32 Å². The standard InChI is InChI=1S/C25H45NO4/c1-4-5-6-7-8-9-10-11-12-13-14-15-16-17-18-19-21-30-25(28)26-20-22-29-24(3)23(2)27/h11-12H,3-10,13-22H2,1-2H3,(H,26,28)/b12-11-. The summed E-state index contributed by atoms with van der Waals surface area (Å²) in [5, 5.41) is 2.59. The van der Waals surface area contributed by atoms with Crippen LogP contribution in [-0.4, -0.2) is 31.6 Å². The summed E-state index contributed by atoms with van der Waals surface area (Å²) >= 11 is 0. The fourth-order valence-corrected chi connectivity index (χ4v) is 2.99. The van der Waals surface area contributed by atoms with E-state index >= 15 is 0 Å². The molecule has 0 aromatic rings. The SMILES string of the molecule is C=C(OCCNC(=O)OCCCCCCCC/C=C\CCCCCCCC)C(C)=O. The van der Waals surface area contributed by atoms with Gasteiger partial charge in [-0.1, -0.05) is 83.4 Å². The van der Waals surface area contributed by atoms with E-state index in [1.807, 2.05) is 0 Å². The zero-order valence-corrected chi connectivity index (χ0v) is 19.5. The largest absolute Gasteiger partial charge is 0.489 e. The first-order valence-electron chi connectivity index (χ1n) is 12.0. The summed E-state index contributed by atoms with van der Waals surface area (Å²) in [5.74, 6) is -0.105. The van der Waals surface area contributed by atoms with E-state index in [4.69, 9.17) is 9.47 Å². The molecule has 30 heavy (non-hydrogen) atoms. The lowest BCUT2D eigenvalue weighted by molar-refractivity contribution is -0.116. The number of nitrogens with one attached hydrogen (secondary N) is 1. The first-order chi connectivity index (χ1) is 14.6. The molecule has 0 aliphatic heterocycles. The Bertz CT molecular complexity index is 474. The number of rotatable bonds is 21. The molecule has 5 nitrogen and oxygen atoms in total. The maximum absolute atomic E-state index is 11.5. The summed E-state index contributed by atoms with van der Waals surface area (Å²) in [6.45, 7) is 8.07. The summed E-state index contributed by atoms with van der Waals surface area (Å²) in [6.07, 6.45) is 21.9. The van der Waals surface area contributed by atoms with E-state index in [9.17, 15) is 9.59 Å². The summed E-state index contributed by atoms with van der Waals surface area (Å²) < 4.78 is 10.2. The minimum atomic E-state index is -0.445. The first kappa shape index (κ1) is 28.2. The molecule has 0 bridgehead atoms. The molecular formula is C25H45NO4. The number of hydrogen-bond donors (Lipinski definition) is 1. The Morgan fingerprint density at radius 3 is 1.87 bits per heavy atom. The van der Waals surface area contributed by atoms with Crippen molar-refractivity contribution in [3.63, 3.8) is 0 Å². The topological polar surface area (TPSA) is 64.6 Å². The highest BCUT2D eigenvalue weighted by Gasteiger charge is 2.03. The quantitative estimate of drug-likeness (QED) is 0.0947. The highest BCUT2D eigenvalue weighted by atomic mass is 16.5. The van der Waals surface area contributed by atoms with Crippen molar-refractivity contribution in [2.45, 2.75) is 104 Å². The molecule has 0 atom stereocenters. The second-order valence-electron chi connectivity index (χ2n) is 7.83. The molecular weight excluding hydrogens is 378 g/mol. The van der Waals surface area contributed by atoms with Gasteiger partial charge in [0.05, 0.1) is 13.2 Å². The van der Waals surface area contributed by atoms with Gasteiger partial charge in [-0.15, -0.1) is 0 Å². The smallest absolute Gasteiger partial charge is 0.407 e. The molecule has 0 heterocycles. The Kier molecular flexibility index (Phi) is 20.6. The van der Waals surface area contributed by atoms with Gasteiger partial charge in [-0.05, 0) is 32.1 Å². The number of ketones is 1. The number of carbonyl (C=O) groups excluding carboxylic acids is 2. The molecule has 1 amide bonds. The molecule has 0 aliphatic rings. The molecule has 0 aromatic heterocycles. The number of alkyl carbamates (subject to hydrolysis) is 1. The maximum atomic E-state index is 11.5. The summed E-state index contributed by atoms with van der Waals surface area (Å²) in [5.41, 5.74) is 0. The molecule has 0 aromatic carbocycles. The molecule has 0 unspecified atom stereocenters. The van der Waals surface area contributed by atoms with Crippen molar-refractivity contribution in [2.75, 3.05) is 19.8 Å². The van der Waals surface area contributed by atoms with E-state index in [0.29, 0.717) is 13.2 Å². The Labute approximate surface area is 184 Å². The number of carbonyl (C=O) groups is 2. The fraction of sp³-hybridized carbons (Fsp3) is 0.760. The highest BCUT2D eigenvalue weighted by molar-refractivity contribution is 5.90. The van der Waals surface area contributed by atoms with Gasteiger partial charge in [0.15, 0.2) is 11.5 Å². The van der Waals surface area contributed by atoms with Crippen LogP contribution in [0.15, 0.2) is 24.5 Å². The van der Waals surface area contributed by atoms with E-state index in [0.717, 1.165) is 12.8 Å². The van der Waals surface area contributed by atoms with Crippen molar-refractivity contribution in [2.24, 2.45) is 0 Å². The summed E-state index contributed by atoms with van der Waals surface area (Å²) in [6, 6.07) is 0. The third kappa shape index (κ3) is 20.9. The molecule has 0 aliphatic carbocycles. The first-order valence-corrected chi connectivity index (χ1v) is 12.0. The Hall–Kier alpha value is -1.78. The van der Waals surface area contributed by atoms with Gasteiger partial charge in [0.25, 0.3) is 0 Å². The number of allylic oxidation sites excluding steroid dienone is 3. The number of amides is 1. The van der Waals surface area contributed by atoms with Gasteiger partial charge in [0.1, 0.15) is 6.61 Å². The van der Waals surface area contributed by atoms with Crippen LogP contribution >= 0.6 is 0 Å². The Balaban J connectivity index is 3.26. The molecule has 5 heteroatoms. The predicted octanol–water partition coefficient (Wildman–Crippen LogP) is 6.87. The highest BCUT2D eigenvalue weighted by Crippen LogP contribution is 2.10. The minimum Gasteiger partial charge on any atom is -0.489 e. The second-order valence-corrected chi connectivity index (χ2v) is 7.83. The van der Waals surface area contributed by atoms with Crippen LogP contribution in [0.2, 0.25) is 0 Å². The zero-order chi connectivity index (χ0) is 22.3. The van der Waals surface area contributed by atoms with Crippen LogP contribution in [0.25, 0.3) is 0 Å². The van der Waals surface area contributed by atoms with Crippen LogP contribution in [-0.2, 0) is 14.3 Å². The number of Topliss-reactive ketones (excluding diaryl/α,β-unsaturated/α-hetero) is 1. The molecule has 0 fully saturated rings.